The number of nitrogens with two attached hydrogens (primary N) is 2. The molecule has 0 saturated heterocycles. The normalized spacial score (nSPS) is 15.1. The largest absolute Gasteiger partial charge is 0.368 e. The van der Waals surface area contributed by atoms with Crippen molar-refractivity contribution in [1.29, 1.82) is 0 Å². The summed E-state index contributed by atoms with van der Waals surface area (Å²) >= 11 is 1.54. The van der Waals surface area contributed by atoms with Crippen molar-refractivity contribution < 1.29 is 19.2 Å². The molecule has 0 rings (SSSR count). The topological polar surface area (TPSA) is 156 Å². The van der Waals surface area contributed by atoms with Gasteiger partial charge in [-0.05, 0) is 36.7 Å². The summed E-state index contributed by atoms with van der Waals surface area (Å²) in [6.07, 6.45) is 3.43. The van der Waals surface area contributed by atoms with Gasteiger partial charge < -0.3 is 27.4 Å². The number of nitrogens with one attached hydrogen (secondary N) is 3. The first-order chi connectivity index (χ1) is 13.5. The number of carbonyl (C=O) groups excluding carboxylic acids is 4. The molecule has 0 aromatic rings. The number of rotatable bonds is 14. The molecule has 4 amide bonds. The Morgan fingerprint density at radius 3 is 2.10 bits per heavy atom. The SMILES string of the molecule is CC[C@H](C)[C@H](N)C(=O)NCC(=O)N[C@@H](CC(C)C)C(=O)N[C@@H](CCSC)C(N)=O. The lowest BCUT2D eigenvalue weighted by molar-refractivity contribution is -0.132. The fourth-order valence-electron chi connectivity index (χ4n) is 2.54. The van der Waals surface area contributed by atoms with Crippen LogP contribution in [0.4, 0.5) is 0 Å². The highest BCUT2D eigenvalue weighted by Crippen LogP contribution is 2.07. The van der Waals surface area contributed by atoms with Crippen LogP contribution >= 0.6 is 11.8 Å². The zero-order valence-electron chi connectivity index (χ0n) is 18.1. The van der Waals surface area contributed by atoms with Crippen molar-refractivity contribution in [3.8, 4) is 0 Å². The second-order valence-corrected chi connectivity index (χ2v) is 8.61. The predicted octanol–water partition coefficient (Wildman–Crippen LogP) is -0.270. The van der Waals surface area contributed by atoms with Gasteiger partial charge in [0.2, 0.25) is 23.6 Å². The minimum absolute atomic E-state index is 0.00968. The van der Waals surface area contributed by atoms with Crippen LogP contribution in [0.15, 0.2) is 0 Å². The van der Waals surface area contributed by atoms with Crippen LogP contribution in [-0.2, 0) is 19.2 Å². The molecule has 0 bridgehead atoms. The van der Waals surface area contributed by atoms with Gasteiger partial charge in [0, 0.05) is 0 Å². The Bertz CT molecular complexity index is 559. The van der Waals surface area contributed by atoms with Gasteiger partial charge in [0.1, 0.15) is 12.1 Å². The van der Waals surface area contributed by atoms with Gasteiger partial charge in [-0.1, -0.05) is 34.1 Å². The highest BCUT2D eigenvalue weighted by molar-refractivity contribution is 7.98. The van der Waals surface area contributed by atoms with Gasteiger partial charge in [0.15, 0.2) is 0 Å². The van der Waals surface area contributed by atoms with E-state index in [9.17, 15) is 19.2 Å². The summed E-state index contributed by atoms with van der Waals surface area (Å²) < 4.78 is 0. The van der Waals surface area contributed by atoms with Crippen molar-refractivity contribution in [2.75, 3.05) is 18.6 Å². The maximum Gasteiger partial charge on any atom is 0.243 e. The second kappa shape index (κ2) is 14.2. The summed E-state index contributed by atoms with van der Waals surface area (Å²) in [5.74, 6) is -1.23. The standard InChI is InChI=1S/C19H37N5O4S/c1-6-12(4)16(20)19(28)22-10-15(25)23-14(9-11(2)3)18(27)24-13(17(21)26)7-8-29-5/h11-14,16H,6-10,20H2,1-5H3,(H2,21,26)(H,22,28)(H,23,25)(H,24,27)/t12-,13-,14-,16-/m0/s1. The Morgan fingerprint density at radius 1 is 1.00 bits per heavy atom. The Hall–Kier alpha value is -1.81. The third-order valence-electron chi connectivity index (χ3n) is 4.61. The van der Waals surface area contributed by atoms with Crippen LogP contribution in [0.1, 0.15) is 47.0 Å². The maximum atomic E-state index is 12.6. The van der Waals surface area contributed by atoms with Crippen molar-refractivity contribution in [2.45, 2.75) is 65.1 Å². The molecule has 0 fully saturated rings. The molecule has 29 heavy (non-hydrogen) atoms. The summed E-state index contributed by atoms with van der Waals surface area (Å²) in [6.45, 7) is 7.34. The smallest absolute Gasteiger partial charge is 0.243 e. The number of carbonyl (C=O) groups is 4. The number of primary amides is 1. The van der Waals surface area contributed by atoms with Crippen LogP contribution in [0.5, 0.6) is 0 Å². The Morgan fingerprint density at radius 2 is 1.62 bits per heavy atom. The molecule has 7 N–H and O–H groups in total. The van der Waals surface area contributed by atoms with Gasteiger partial charge in [0.05, 0.1) is 12.6 Å². The van der Waals surface area contributed by atoms with Crippen molar-refractivity contribution in [2.24, 2.45) is 23.3 Å². The molecular weight excluding hydrogens is 394 g/mol. The first-order valence-corrected chi connectivity index (χ1v) is 11.3. The molecule has 168 valence electrons. The summed E-state index contributed by atoms with van der Waals surface area (Å²) in [5.41, 5.74) is 11.2. The molecule has 0 aliphatic carbocycles. The molecule has 0 aromatic heterocycles. The molecule has 0 aliphatic rings. The number of thioether (sulfide) groups is 1. The van der Waals surface area contributed by atoms with E-state index < -0.39 is 41.8 Å². The number of amides is 4. The van der Waals surface area contributed by atoms with E-state index in [1.165, 1.54) is 11.8 Å². The number of hydrogen-bond acceptors (Lipinski definition) is 6. The molecule has 0 radical (unpaired) electrons. The molecule has 4 atom stereocenters. The van der Waals surface area contributed by atoms with Gasteiger partial charge in [-0.25, -0.2) is 0 Å². The number of hydrogen-bond donors (Lipinski definition) is 5. The maximum absolute atomic E-state index is 12.6. The predicted molar refractivity (Wildman–Crippen MR) is 116 cm³/mol. The Balaban J connectivity index is 4.88. The van der Waals surface area contributed by atoms with E-state index in [2.05, 4.69) is 16.0 Å². The molecule has 0 aliphatic heterocycles. The molecular formula is C19H37N5O4S. The second-order valence-electron chi connectivity index (χ2n) is 7.62. The monoisotopic (exact) mass is 431 g/mol. The van der Waals surface area contributed by atoms with E-state index in [1.54, 1.807) is 0 Å². The average molecular weight is 432 g/mol. The quantitative estimate of drug-likeness (QED) is 0.255. The fraction of sp³-hybridized carbons (Fsp3) is 0.789. The molecule has 0 unspecified atom stereocenters. The van der Waals surface area contributed by atoms with E-state index in [1.807, 2.05) is 34.0 Å². The average Bonchev–Trinajstić information content (AvgIpc) is 2.66. The highest BCUT2D eigenvalue weighted by Gasteiger charge is 2.26. The van der Waals surface area contributed by atoms with E-state index in [-0.39, 0.29) is 18.4 Å². The van der Waals surface area contributed by atoms with E-state index in [4.69, 9.17) is 11.5 Å². The molecule has 0 heterocycles. The highest BCUT2D eigenvalue weighted by atomic mass is 32.2. The lowest BCUT2D eigenvalue weighted by Crippen LogP contribution is -2.55. The Labute approximate surface area is 177 Å². The van der Waals surface area contributed by atoms with Gasteiger partial charge >= 0.3 is 0 Å². The van der Waals surface area contributed by atoms with Crippen molar-refractivity contribution in [1.82, 2.24) is 16.0 Å². The molecule has 0 saturated carbocycles. The van der Waals surface area contributed by atoms with Crippen molar-refractivity contribution in [3.05, 3.63) is 0 Å². The van der Waals surface area contributed by atoms with Crippen LogP contribution < -0.4 is 27.4 Å². The summed E-state index contributed by atoms with van der Waals surface area (Å²) in [7, 11) is 0. The zero-order chi connectivity index (χ0) is 22.6. The molecule has 0 aromatic carbocycles. The van der Waals surface area contributed by atoms with Crippen LogP contribution in [0.2, 0.25) is 0 Å². The first-order valence-electron chi connectivity index (χ1n) is 9.94. The third-order valence-corrected chi connectivity index (χ3v) is 5.26. The van der Waals surface area contributed by atoms with Gasteiger partial charge in [0.25, 0.3) is 0 Å². The van der Waals surface area contributed by atoms with E-state index in [0.717, 1.165) is 6.42 Å². The minimum Gasteiger partial charge on any atom is -0.368 e. The van der Waals surface area contributed by atoms with Gasteiger partial charge in [-0.3, -0.25) is 19.2 Å². The van der Waals surface area contributed by atoms with E-state index in [0.29, 0.717) is 18.6 Å². The molecule has 0 spiro atoms. The Kier molecular flexibility index (Phi) is 13.3. The molecule has 9 nitrogen and oxygen atoms in total. The van der Waals surface area contributed by atoms with Crippen molar-refractivity contribution >= 4 is 35.4 Å². The summed E-state index contributed by atoms with van der Waals surface area (Å²) in [6, 6.07) is -2.33. The van der Waals surface area contributed by atoms with Crippen LogP contribution in [0.25, 0.3) is 0 Å². The fourth-order valence-corrected chi connectivity index (χ4v) is 3.01. The zero-order valence-corrected chi connectivity index (χ0v) is 18.9. The van der Waals surface area contributed by atoms with Gasteiger partial charge in [-0.15, -0.1) is 0 Å². The third kappa shape index (κ3) is 11.1. The van der Waals surface area contributed by atoms with Crippen LogP contribution in [-0.4, -0.2) is 60.3 Å². The first kappa shape index (κ1) is 27.2. The summed E-state index contributed by atoms with van der Waals surface area (Å²) in [5, 5.41) is 7.74. The lowest BCUT2D eigenvalue weighted by Gasteiger charge is -2.23. The molecule has 10 heteroatoms. The van der Waals surface area contributed by atoms with Crippen LogP contribution in [0, 0.1) is 11.8 Å². The minimum atomic E-state index is -0.834. The lowest BCUT2D eigenvalue weighted by atomic mass is 9.99. The van der Waals surface area contributed by atoms with Gasteiger partial charge in [-0.2, -0.15) is 11.8 Å². The van der Waals surface area contributed by atoms with Crippen LogP contribution in [0.3, 0.4) is 0 Å². The summed E-state index contributed by atoms with van der Waals surface area (Å²) in [4.78, 5) is 48.5. The van der Waals surface area contributed by atoms with Crippen molar-refractivity contribution in [3.63, 3.8) is 0 Å². The van der Waals surface area contributed by atoms with E-state index >= 15 is 0 Å².